The molecule has 4 aromatic rings. The largest absolute Gasteiger partial charge is 0.352 e. The van der Waals surface area contributed by atoms with Gasteiger partial charge in [-0.15, -0.1) is 0 Å². The summed E-state index contributed by atoms with van der Waals surface area (Å²) in [6, 6.07) is 19.5. The lowest BCUT2D eigenvalue weighted by atomic mass is 10.1. The molecular weight excluding hydrogens is 415 g/mol. The number of aryl methyl sites for hydroxylation is 1. The van der Waals surface area contributed by atoms with Gasteiger partial charge in [0.05, 0.1) is 10.4 Å². The minimum absolute atomic E-state index is 0.229. The Hall–Kier alpha value is -3.45. The van der Waals surface area contributed by atoms with Gasteiger partial charge in [-0.25, -0.2) is 16.8 Å². The fraction of sp³-hybridized carbons (Fsp3) is 0.125. The van der Waals surface area contributed by atoms with Crippen LogP contribution in [-0.4, -0.2) is 24.8 Å². The molecule has 1 heterocycles. The monoisotopic (exact) mass is 436 g/mol. The molecule has 0 bridgehead atoms. The number of amides is 1. The number of halogens is 1. The highest BCUT2D eigenvalue weighted by atomic mass is 32.2. The van der Waals surface area contributed by atoms with E-state index in [9.17, 15) is 17.6 Å². The van der Waals surface area contributed by atoms with E-state index in [0.717, 1.165) is 16.5 Å². The molecule has 0 fully saturated rings. The van der Waals surface area contributed by atoms with Crippen LogP contribution in [-0.2, 0) is 16.4 Å². The number of aromatic nitrogens is 1. The SMILES string of the molecule is Cc1ccc(S(=O)(=O)n2ccc3ccc(CCNC(=O)c4ccc(F)cc4)cc32)cc1. The van der Waals surface area contributed by atoms with E-state index in [-0.39, 0.29) is 10.8 Å². The van der Waals surface area contributed by atoms with Gasteiger partial charge in [0.25, 0.3) is 15.9 Å². The number of nitrogens with one attached hydrogen (secondary N) is 1. The zero-order valence-electron chi connectivity index (χ0n) is 16.9. The zero-order valence-corrected chi connectivity index (χ0v) is 17.7. The molecule has 0 saturated heterocycles. The summed E-state index contributed by atoms with van der Waals surface area (Å²) in [5.41, 5.74) is 2.85. The second kappa shape index (κ2) is 8.35. The van der Waals surface area contributed by atoms with Crippen LogP contribution in [0.4, 0.5) is 4.39 Å². The van der Waals surface area contributed by atoms with Gasteiger partial charge in [-0.2, -0.15) is 0 Å². The highest BCUT2D eigenvalue weighted by molar-refractivity contribution is 7.90. The van der Waals surface area contributed by atoms with Gasteiger partial charge in [-0.05, 0) is 67.4 Å². The zero-order chi connectivity index (χ0) is 22.0. The quantitative estimate of drug-likeness (QED) is 0.490. The molecule has 5 nitrogen and oxygen atoms in total. The van der Waals surface area contributed by atoms with Crippen LogP contribution in [0.1, 0.15) is 21.5 Å². The molecule has 4 rings (SSSR count). The Bertz CT molecular complexity index is 1340. The highest BCUT2D eigenvalue weighted by Gasteiger charge is 2.19. The summed E-state index contributed by atoms with van der Waals surface area (Å²) in [5, 5.41) is 3.61. The molecule has 0 radical (unpaired) electrons. The molecule has 0 unspecified atom stereocenters. The van der Waals surface area contributed by atoms with Gasteiger partial charge in [-0.1, -0.05) is 29.8 Å². The topological polar surface area (TPSA) is 68.2 Å². The van der Waals surface area contributed by atoms with Crippen molar-refractivity contribution in [2.75, 3.05) is 6.54 Å². The maximum atomic E-state index is 13.1. The van der Waals surface area contributed by atoms with Crippen LogP contribution < -0.4 is 5.32 Å². The molecule has 0 atom stereocenters. The van der Waals surface area contributed by atoms with Gasteiger partial charge < -0.3 is 5.32 Å². The molecule has 158 valence electrons. The Labute approximate surface area is 180 Å². The minimum atomic E-state index is -3.71. The molecule has 0 aliphatic carbocycles. The summed E-state index contributed by atoms with van der Waals surface area (Å²) in [6.07, 6.45) is 2.08. The van der Waals surface area contributed by atoms with E-state index in [4.69, 9.17) is 0 Å². The van der Waals surface area contributed by atoms with Crippen molar-refractivity contribution in [3.8, 4) is 0 Å². The average Bonchev–Trinajstić information content (AvgIpc) is 3.18. The molecule has 1 N–H and O–H groups in total. The Kier molecular flexibility index (Phi) is 5.61. The minimum Gasteiger partial charge on any atom is -0.352 e. The predicted octanol–water partition coefficient (Wildman–Crippen LogP) is 4.30. The number of carbonyl (C=O) groups excluding carboxylic acids is 1. The summed E-state index contributed by atoms with van der Waals surface area (Å²) < 4.78 is 40.5. The second-order valence-corrected chi connectivity index (χ2v) is 9.15. The van der Waals surface area contributed by atoms with Crippen LogP contribution in [0.2, 0.25) is 0 Å². The average molecular weight is 437 g/mol. The lowest BCUT2D eigenvalue weighted by molar-refractivity contribution is 0.0954. The lowest BCUT2D eigenvalue weighted by Gasteiger charge is -2.10. The van der Waals surface area contributed by atoms with Crippen LogP contribution in [0.15, 0.2) is 83.9 Å². The molecule has 3 aromatic carbocycles. The number of rotatable bonds is 6. The maximum Gasteiger partial charge on any atom is 0.268 e. The first kappa shape index (κ1) is 20.8. The van der Waals surface area contributed by atoms with Crippen molar-refractivity contribution in [3.63, 3.8) is 0 Å². The van der Waals surface area contributed by atoms with Gasteiger partial charge in [0.2, 0.25) is 0 Å². The number of nitrogens with zero attached hydrogens (tertiary/aromatic N) is 1. The number of fused-ring (bicyclic) bond motifs is 1. The first-order valence-corrected chi connectivity index (χ1v) is 11.2. The summed E-state index contributed by atoms with van der Waals surface area (Å²) in [6.45, 7) is 2.27. The van der Waals surface area contributed by atoms with Gasteiger partial charge in [0, 0.05) is 23.7 Å². The number of carbonyl (C=O) groups is 1. The van der Waals surface area contributed by atoms with Crippen molar-refractivity contribution in [3.05, 3.63) is 102 Å². The smallest absolute Gasteiger partial charge is 0.268 e. The van der Waals surface area contributed by atoms with Gasteiger partial charge in [0.15, 0.2) is 0 Å². The summed E-state index contributed by atoms with van der Waals surface area (Å²) in [5.74, 6) is -0.681. The van der Waals surface area contributed by atoms with Crippen molar-refractivity contribution in [2.45, 2.75) is 18.2 Å². The lowest BCUT2D eigenvalue weighted by Crippen LogP contribution is -2.25. The summed E-state index contributed by atoms with van der Waals surface area (Å²) in [7, 11) is -3.71. The molecule has 0 aliphatic heterocycles. The summed E-state index contributed by atoms with van der Waals surface area (Å²) >= 11 is 0. The van der Waals surface area contributed by atoms with E-state index in [2.05, 4.69) is 5.32 Å². The maximum absolute atomic E-state index is 13.1. The van der Waals surface area contributed by atoms with Crippen molar-refractivity contribution >= 4 is 26.8 Å². The molecular formula is C24H21FN2O3S. The first-order valence-electron chi connectivity index (χ1n) is 9.80. The van der Waals surface area contributed by atoms with Crippen molar-refractivity contribution in [2.24, 2.45) is 0 Å². The normalized spacial score (nSPS) is 11.5. The first-order chi connectivity index (χ1) is 14.8. The van der Waals surface area contributed by atoms with Crippen LogP contribution >= 0.6 is 0 Å². The number of hydrogen-bond donors (Lipinski definition) is 1. The molecule has 0 saturated carbocycles. The summed E-state index contributed by atoms with van der Waals surface area (Å²) in [4.78, 5) is 12.4. The van der Waals surface area contributed by atoms with Gasteiger partial charge >= 0.3 is 0 Å². The van der Waals surface area contributed by atoms with Gasteiger partial charge in [0.1, 0.15) is 5.82 Å². The molecule has 1 amide bonds. The predicted molar refractivity (Wildman–Crippen MR) is 118 cm³/mol. The third-order valence-electron chi connectivity index (χ3n) is 5.11. The van der Waals surface area contributed by atoms with Crippen LogP contribution in [0.5, 0.6) is 0 Å². The Morgan fingerprint density at radius 1 is 0.968 bits per heavy atom. The molecule has 0 aliphatic rings. The highest BCUT2D eigenvalue weighted by Crippen LogP contribution is 2.23. The third-order valence-corrected chi connectivity index (χ3v) is 6.81. The van der Waals surface area contributed by atoms with E-state index in [1.165, 1.54) is 28.2 Å². The van der Waals surface area contributed by atoms with Crippen LogP contribution in [0.3, 0.4) is 0 Å². The van der Waals surface area contributed by atoms with Crippen LogP contribution in [0, 0.1) is 12.7 Å². The van der Waals surface area contributed by atoms with Crippen molar-refractivity contribution < 1.29 is 17.6 Å². The molecule has 31 heavy (non-hydrogen) atoms. The standard InChI is InChI=1S/C24H21FN2O3S/c1-17-2-10-22(11-3-17)31(29,30)27-15-13-19-5-4-18(16-23(19)27)12-14-26-24(28)20-6-8-21(25)9-7-20/h2-11,13,15-16H,12,14H2,1H3,(H,26,28). The Balaban J connectivity index is 1.52. The van der Waals surface area contributed by atoms with Crippen molar-refractivity contribution in [1.82, 2.24) is 9.29 Å². The van der Waals surface area contributed by atoms with E-state index in [1.54, 1.807) is 36.5 Å². The van der Waals surface area contributed by atoms with E-state index >= 15 is 0 Å². The fourth-order valence-corrected chi connectivity index (χ4v) is 4.71. The molecule has 7 heteroatoms. The van der Waals surface area contributed by atoms with Crippen LogP contribution in [0.25, 0.3) is 10.9 Å². The Morgan fingerprint density at radius 2 is 1.68 bits per heavy atom. The number of hydrogen-bond acceptors (Lipinski definition) is 3. The van der Waals surface area contributed by atoms with E-state index < -0.39 is 15.8 Å². The Morgan fingerprint density at radius 3 is 2.39 bits per heavy atom. The van der Waals surface area contributed by atoms with E-state index in [0.29, 0.717) is 24.0 Å². The fourth-order valence-electron chi connectivity index (χ4n) is 3.36. The van der Waals surface area contributed by atoms with E-state index in [1.807, 2.05) is 25.1 Å². The second-order valence-electron chi connectivity index (χ2n) is 7.34. The third kappa shape index (κ3) is 4.36. The molecule has 1 aromatic heterocycles. The number of benzene rings is 3. The molecule has 0 spiro atoms. The van der Waals surface area contributed by atoms with Crippen molar-refractivity contribution in [1.29, 1.82) is 0 Å². The van der Waals surface area contributed by atoms with Gasteiger partial charge in [-0.3, -0.25) is 4.79 Å².